The minimum Gasteiger partial charge on any atom is -0.493 e. The lowest BCUT2D eigenvalue weighted by Gasteiger charge is -2.15. The Balaban J connectivity index is 2.48. The van der Waals surface area contributed by atoms with Crippen LogP contribution < -0.4 is 4.74 Å². The minimum absolute atomic E-state index is 0.590. The minimum atomic E-state index is -0.781. The maximum atomic E-state index is 10.5. The summed E-state index contributed by atoms with van der Waals surface area (Å²) in [5.74, 6) is 0.590. The number of aromatic nitrogens is 3. The first kappa shape index (κ1) is 12.6. The summed E-state index contributed by atoms with van der Waals surface area (Å²) in [5.41, 5.74) is 2.23. The van der Waals surface area contributed by atoms with Crippen molar-refractivity contribution in [2.24, 2.45) is 0 Å². The number of hydrogen-bond donors (Lipinski definition) is 1. The lowest BCUT2D eigenvalue weighted by atomic mass is 10.0. The molecule has 2 rings (SSSR count). The lowest BCUT2D eigenvalue weighted by molar-refractivity contribution is 0.201. The molecule has 0 spiro atoms. The van der Waals surface area contributed by atoms with Crippen molar-refractivity contribution in [2.45, 2.75) is 26.5 Å². The highest BCUT2D eigenvalue weighted by Gasteiger charge is 2.22. The summed E-state index contributed by atoms with van der Waals surface area (Å²) in [5, 5.41) is 14.7. The zero-order valence-electron chi connectivity index (χ0n) is 10.8. The fraction of sp³-hybridized carbons (Fsp3) is 0.385. The maximum Gasteiger partial charge on any atom is 0.163 e. The van der Waals surface area contributed by atoms with Crippen molar-refractivity contribution >= 4 is 0 Å². The Morgan fingerprint density at radius 3 is 2.89 bits per heavy atom. The number of aliphatic hydroxyl groups excluding tert-OH is 1. The third-order valence-corrected chi connectivity index (χ3v) is 2.97. The number of ether oxygens (including phenoxy) is 1. The monoisotopic (exact) mass is 247 g/mol. The molecule has 2 aromatic rings. The Morgan fingerprint density at radius 1 is 1.50 bits per heavy atom. The molecule has 1 unspecified atom stereocenters. The average Bonchev–Trinajstić information content (AvgIpc) is 2.81. The van der Waals surface area contributed by atoms with Crippen LogP contribution in [-0.2, 0) is 6.54 Å². The number of aliphatic hydroxyl groups is 1. The number of hydrogen-bond acceptors (Lipinski definition) is 4. The molecule has 96 valence electrons. The van der Waals surface area contributed by atoms with Gasteiger partial charge >= 0.3 is 0 Å². The van der Waals surface area contributed by atoms with Crippen molar-refractivity contribution in [3.8, 4) is 5.75 Å². The summed E-state index contributed by atoms with van der Waals surface area (Å²) in [4.78, 5) is 4.19. The van der Waals surface area contributed by atoms with Gasteiger partial charge in [-0.15, -0.1) is 0 Å². The standard InChI is InChI=1S/C13H17N3O2/c1-4-16-12(11(18-3)8-15-16)13(17)10-6-5-7-14-9(10)2/h5-8,13,17H,4H2,1-3H3. The molecule has 5 nitrogen and oxygen atoms in total. The second kappa shape index (κ2) is 5.18. The Hall–Kier alpha value is -1.88. The molecule has 5 heteroatoms. The van der Waals surface area contributed by atoms with Crippen molar-refractivity contribution < 1.29 is 9.84 Å². The Kier molecular flexibility index (Phi) is 3.62. The summed E-state index contributed by atoms with van der Waals surface area (Å²) in [7, 11) is 1.57. The number of rotatable bonds is 4. The molecule has 2 aromatic heterocycles. The zero-order chi connectivity index (χ0) is 13.1. The van der Waals surface area contributed by atoms with Crippen LogP contribution in [0.3, 0.4) is 0 Å². The normalized spacial score (nSPS) is 12.4. The molecule has 1 N–H and O–H groups in total. The van der Waals surface area contributed by atoms with Crippen molar-refractivity contribution in [2.75, 3.05) is 7.11 Å². The number of pyridine rings is 1. The van der Waals surface area contributed by atoms with Crippen LogP contribution >= 0.6 is 0 Å². The molecule has 0 amide bonds. The van der Waals surface area contributed by atoms with Crippen LogP contribution in [0.4, 0.5) is 0 Å². The van der Waals surface area contributed by atoms with E-state index < -0.39 is 6.10 Å². The average molecular weight is 247 g/mol. The molecule has 0 aliphatic carbocycles. The van der Waals surface area contributed by atoms with Gasteiger partial charge in [0.05, 0.1) is 13.3 Å². The predicted molar refractivity (Wildman–Crippen MR) is 67.5 cm³/mol. The van der Waals surface area contributed by atoms with Crippen LogP contribution in [0.2, 0.25) is 0 Å². The fourth-order valence-corrected chi connectivity index (χ4v) is 2.00. The molecule has 0 fully saturated rings. The van der Waals surface area contributed by atoms with Crippen molar-refractivity contribution in [3.63, 3.8) is 0 Å². The van der Waals surface area contributed by atoms with Gasteiger partial charge in [0.1, 0.15) is 11.8 Å². The van der Waals surface area contributed by atoms with E-state index in [1.54, 1.807) is 24.2 Å². The van der Waals surface area contributed by atoms with Gasteiger partial charge in [-0.25, -0.2) is 0 Å². The van der Waals surface area contributed by atoms with Gasteiger partial charge in [0.2, 0.25) is 0 Å². The quantitative estimate of drug-likeness (QED) is 0.893. The second-order valence-electron chi connectivity index (χ2n) is 3.99. The molecule has 0 saturated heterocycles. The molecular weight excluding hydrogens is 230 g/mol. The van der Waals surface area contributed by atoms with E-state index in [9.17, 15) is 5.11 Å². The summed E-state index contributed by atoms with van der Waals surface area (Å²) < 4.78 is 6.98. The molecule has 2 heterocycles. The molecule has 1 atom stereocenters. The Labute approximate surface area is 106 Å². The van der Waals surface area contributed by atoms with Crippen LogP contribution in [0.15, 0.2) is 24.5 Å². The van der Waals surface area contributed by atoms with Crippen molar-refractivity contribution in [1.29, 1.82) is 0 Å². The van der Waals surface area contributed by atoms with Crippen LogP contribution in [-0.4, -0.2) is 27.0 Å². The molecule has 0 aliphatic heterocycles. The SMILES string of the molecule is CCn1ncc(OC)c1C(O)c1cccnc1C. The number of nitrogens with zero attached hydrogens (tertiary/aromatic N) is 3. The first-order valence-corrected chi connectivity index (χ1v) is 5.88. The van der Waals surface area contributed by atoms with Gasteiger partial charge in [-0.05, 0) is 19.9 Å². The van der Waals surface area contributed by atoms with E-state index in [2.05, 4.69) is 10.1 Å². The Bertz CT molecular complexity index is 515. The van der Waals surface area contributed by atoms with E-state index in [0.717, 1.165) is 11.3 Å². The first-order valence-electron chi connectivity index (χ1n) is 5.88. The third kappa shape index (κ3) is 2.09. The summed E-state index contributed by atoms with van der Waals surface area (Å²) in [6.07, 6.45) is 2.55. The largest absolute Gasteiger partial charge is 0.493 e. The number of aryl methyl sites for hydroxylation is 2. The lowest BCUT2D eigenvalue weighted by Crippen LogP contribution is -2.11. The van der Waals surface area contributed by atoms with Gasteiger partial charge in [0, 0.05) is 24.0 Å². The Morgan fingerprint density at radius 2 is 2.28 bits per heavy atom. The van der Waals surface area contributed by atoms with E-state index in [1.165, 1.54) is 0 Å². The van der Waals surface area contributed by atoms with E-state index in [4.69, 9.17) is 4.74 Å². The highest BCUT2D eigenvalue weighted by Crippen LogP contribution is 2.30. The molecule has 0 saturated carbocycles. The third-order valence-electron chi connectivity index (χ3n) is 2.97. The van der Waals surface area contributed by atoms with E-state index in [1.807, 2.05) is 26.0 Å². The van der Waals surface area contributed by atoms with Gasteiger partial charge in [-0.1, -0.05) is 6.07 Å². The van der Waals surface area contributed by atoms with Gasteiger partial charge in [0.15, 0.2) is 5.75 Å². The smallest absolute Gasteiger partial charge is 0.163 e. The zero-order valence-corrected chi connectivity index (χ0v) is 10.8. The second-order valence-corrected chi connectivity index (χ2v) is 3.99. The topological polar surface area (TPSA) is 60.2 Å². The van der Waals surface area contributed by atoms with Crippen LogP contribution in [0.5, 0.6) is 5.75 Å². The van der Waals surface area contributed by atoms with Crippen molar-refractivity contribution in [1.82, 2.24) is 14.8 Å². The highest BCUT2D eigenvalue weighted by molar-refractivity contribution is 5.36. The molecule has 0 aromatic carbocycles. The summed E-state index contributed by atoms with van der Waals surface area (Å²) in [6, 6.07) is 3.67. The molecular formula is C13H17N3O2. The van der Waals surface area contributed by atoms with Crippen molar-refractivity contribution in [3.05, 3.63) is 41.5 Å². The molecule has 0 bridgehead atoms. The number of methoxy groups -OCH3 is 1. The summed E-state index contributed by atoms with van der Waals surface area (Å²) in [6.45, 7) is 4.52. The molecule has 0 radical (unpaired) electrons. The summed E-state index contributed by atoms with van der Waals surface area (Å²) >= 11 is 0. The van der Waals surface area contributed by atoms with Crippen LogP contribution in [0, 0.1) is 6.92 Å². The highest BCUT2D eigenvalue weighted by atomic mass is 16.5. The molecule has 0 aliphatic rings. The van der Waals surface area contributed by atoms with Gasteiger partial charge in [-0.3, -0.25) is 9.67 Å². The molecule has 18 heavy (non-hydrogen) atoms. The van der Waals surface area contributed by atoms with Crippen LogP contribution in [0.25, 0.3) is 0 Å². The van der Waals surface area contributed by atoms with Gasteiger partial charge in [-0.2, -0.15) is 5.10 Å². The first-order chi connectivity index (χ1) is 8.69. The van der Waals surface area contributed by atoms with Gasteiger partial charge < -0.3 is 9.84 Å². The van der Waals surface area contributed by atoms with Gasteiger partial charge in [0.25, 0.3) is 0 Å². The van der Waals surface area contributed by atoms with E-state index >= 15 is 0 Å². The van der Waals surface area contributed by atoms with E-state index in [-0.39, 0.29) is 0 Å². The fourth-order valence-electron chi connectivity index (χ4n) is 2.00. The maximum absolute atomic E-state index is 10.5. The van der Waals surface area contributed by atoms with Crippen LogP contribution in [0.1, 0.15) is 30.0 Å². The van der Waals surface area contributed by atoms with E-state index in [0.29, 0.717) is 18.0 Å². The predicted octanol–water partition coefficient (Wildman–Crippen LogP) is 1.70.